The van der Waals surface area contributed by atoms with Crippen molar-refractivity contribution in [3.8, 4) is 5.19 Å². The van der Waals surface area contributed by atoms with Gasteiger partial charge in [-0.25, -0.2) is 23.4 Å². The van der Waals surface area contributed by atoms with E-state index >= 15 is 0 Å². The molecule has 0 amide bonds. The number of thiazole rings is 1. The summed E-state index contributed by atoms with van der Waals surface area (Å²) in [6, 6.07) is 6.14. The Morgan fingerprint density at radius 2 is 1.78 bits per heavy atom. The molecule has 2 aromatic heterocycles. The monoisotopic (exact) mass is 552 g/mol. The lowest BCUT2D eigenvalue weighted by atomic mass is 10.1. The molecule has 13 heteroatoms. The van der Waals surface area contributed by atoms with Gasteiger partial charge in [-0.1, -0.05) is 22.9 Å². The maximum absolute atomic E-state index is 12.4. The van der Waals surface area contributed by atoms with Crippen LogP contribution in [-0.4, -0.2) is 90.5 Å². The van der Waals surface area contributed by atoms with Crippen molar-refractivity contribution in [2.24, 2.45) is 0 Å². The van der Waals surface area contributed by atoms with Gasteiger partial charge >= 0.3 is 0 Å². The second kappa shape index (κ2) is 11.0. The molecule has 2 aliphatic heterocycles. The van der Waals surface area contributed by atoms with E-state index in [1.165, 1.54) is 15.6 Å². The Hall–Kier alpha value is -2.25. The molecule has 36 heavy (non-hydrogen) atoms. The number of nitrogens with zero attached hydrogens (tertiary/aromatic N) is 6. The van der Waals surface area contributed by atoms with Crippen molar-refractivity contribution >= 4 is 54.8 Å². The van der Waals surface area contributed by atoms with Gasteiger partial charge in [0.05, 0.1) is 33.4 Å². The van der Waals surface area contributed by atoms with E-state index in [0.29, 0.717) is 42.3 Å². The van der Waals surface area contributed by atoms with Crippen LogP contribution in [0.2, 0.25) is 5.02 Å². The highest BCUT2D eigenvalue weighted by Gasteiger charge is 2.27. The molecule has 0 unspecified atom stereocenters. The predicted molar refractivity (Wildman–Crippen MR) is 142 cm³/mol. The van der Waals surface area contributed by atoms with Crippen LogP contribution >= 0.6 is 22.9 Å². The van der Waals surface area contributed by atoms with E-state index in [0.717, 1.165) is 41.8 Å². The minimum absolute atomic E-state index is 0.00691. The van der Waals surface area contributed by atoms with Gasteiger partial charge in [0, 0.05) is 64.4 Å². The van der Waals surface area contributed by atoms with Crippen LogP contribution < -0.4 is 14.5 Å². The van der Waals surface area contributed by atoms with Crippen LogP contribution in [0.25, 0.3) is 10.2 Å². The number of aromatic nitrogens is 3. The number of piperazine rings is 1. The predicted octanol–water partition coefficient (Wildman–Crippen LogP) is 2.62. The minimum atomic E-state index is -3.31. The minimum Gasteiger partial charge on any atom is -0.467 e. The zero-order chi connectivity index (χ0) is 25.1. The quantitative estimate of drug-likeness (QED) is 0.450. The Kier molecular flexibility index (Phi) is 7.77. The van der Waals surface area contributed by atoms with Gasteiger partial charge in [0.1, 0.15) is 6.10 Å². The van der Waals surface area contributed by atoms with Crippen LogP contribution in [0, 0.1) is 0 Å². The second-order valence-corrected chi connectivity index (χ2v) is 12.4. The smallest absolute Gasteiger partial charge is 0.274 e. The summed E-state index contributed by atoms with van der Waals surface area (Å²) in [5.41, 5.74) is 1.96. The Morgan fingerprint density at radius 1 is 1.06 bits per heavy atom. The molecule has 1 aromatic carbocycles. The topological polar surface area (TPSA) is 112 Å². The molecule has 5 rings (SSSR count). The largest absolute Gasteiger partial charge is 0.467 e. The van der Waals surface area contributed by atoms with Crippen molar-refractivity contribution < 1.29 is 18.3 Å². The third kappa shape index (κ3) is 5.83. The Morgan fingerprint density at radius 3 is 2.47 bits per heavy atom. The average Bonchev–Trinajstić information content (AvgIpc) is 3.30. The van der Waals surface area contributed by atoms with Crippen LogP contribution in [0.1, 0.15) is 19.3 Å². The zero-order valence-corrected chi connectivity index (χ0v) is 22.2. The Labute approximate surface area is 219 Å². The molecular formula is C23H29ClN6O4S2. The lowest BCUT2D eigenvalue weighted by Gasteiger charge is -2.35. The number of rotatable bonds is 8. The number of aliphatic hydroxyl groups is 1. The number of sulfonamides is 1. The number of anilines is 2. The molecular weight excluding hydrogens is 524 g/mol. The Balaban J connectivity index is 1.17. The number of ether oxygens (including phenoxy) is 1. The highest BCUT2D eigenvalue weighted by atomic mass is 35.5. The van der Waals surface area contributed by atoms with E-state index in [4.69, 9.17) is 21.4 Å². The maximum Gasteiger partial charge on any atom is 0.274 e. The fraction of sp³-hybridized carbons (Fsp3) is 0.522. The standard InChI is InChI=1S/C23H29ClN6O4S2/c24-17-15-25-22(26-16-17)29-6-4-19(5-7-29)34-23-27-20-3-2-18(14-21(20)35-23)28-8-10-30(11-9-28)36(32,33)13-1-12-31/h2-3,14-16,19,31H,1,4-13H2. The summed E-state index contributed by atoms with van der Waals surface area (Å²) in [7, 11) is -3.31. The lowest BCUT2D eigenvalue weighted by molar-refractivity contribution is 0.170. The van der Waals surface area contributed by atoms with E-state index in [9.17, 15) is 8.42 Å². The van der Waals surface area contributed by atoms with Crippen molar-refractivity contribution in [2.75, 3.05) is 61.4 Å². The summed E-state index contributed by atoms with van der Waals surface area (Å²) in [4.78, 5) is 17.6. The molecule has 0 spiro atoms. The number of hydrogen-bond donors (Lipinski definition) is 1. The molecule has 194 valence electrons. The maximum atomic E-state index is 12.4. The zero-order valence-electron chi connectivity index (χ0n) is 19.8. The van der Waals surface area contributed by atoms with Crippen molar-refractivity contribution in [3.63, 3.8) is 0 Å². The highest BCUT2D eigenvalue weighted by molar-refractivity contribution is 7.89. The number of aliphatic hydroxyl groups excluding tert-OH is 1. The summed E-state index contributed by atoms with van der Waals surface area (Å²) in [5, 5.41) is 10.1. The Bertz CT molecular complexity index is 1270. The van der Waals surface area contributed by atoms with E-state index < -0.39 is 10.0 Å². The van der Waals surface area contributed by atoms with Crippen LogP contribution in [0.5, 0.6) is 5.19 Å². The van der Waals surface area contributed by atoms with E-state index in [-0.39, 0.29) is 24.9 Å². The third-order valence-electron chi connectivity index (χ3n) is 6.51. The first kappa shape index (κ1) is 25.4. The average molecular weight is 553 g/mol. The molecule has 2 fully saturated rings. The number of fused-ring (bicyclic) bond motifs is 1. The van der Waals surface area contributed by atoms with Gasteiger partial charge in [0.2, 0.25) is 16.0 Å². The van der Waals surface area contributed by atoms with Gasteiger partial charge in [-0.2, -0.15) is 4.31 Å². The molecule has 0 bridgehead atoms. The van der Waals surface area contributed by atoms with Gasteiger partial charge in [-0.05, 0) is 24.6 Å². The first-order valence-electron chi connectivity index (χ1n) is 12.0. The summed E-state index contributed by atoms with van der Waals surface area (Å²) in [6.07, 6.45) is 5.31. The van der Waals surface area contributed by atoms with E-state index in [2.05, 4.69) is 30.8 Å². The number of benzene rings is 1. The van der Waals surface area contributed by atoms with Crippen molar-refractivity contribution in [3.05, 3.63) is 35.6 Å². The van der Waals surface area contributed by atoms with Gasteiger partial charge in [0.15, 0.2) is 0 Å². The fourth-order valence-electron chi connectivity index (χ4n) is 4.52. The summed E-state index contributed by atoms with van der Waals surface area (Å²) in [6.45, 7) is 3.65. The molecule has 3 aromatic rings. The first-order valence-corrected chi connectivity index (χ1v) is 14.8. The molecule has 0 radical (unpaired) electrons. The second-order valence-electron chi connectivity index (χ2n) is 8.92. The van der Waals surface area contributed by atoms with Crippen molar-refractivity contribution in [2.45, 2.75) is 25.4 Å². The van der Waals surface area contributed by atoms with E-state index in [1.807, 2.05) is 12.1 Å². The van der Waals surface area contributed by atoms with Crippen molar-refractivity contribution in [1.82, 2.24) is 19.3 Å². The molecule has 2 saturated heterocycles. The number of halogens is 1. The normalized spacial score (nSPS) is 18.2. The van der Waals surface area contributed by atoms with Gasteiger partial charge in [-0.15, -0.1) is 0 Å². The lowest BCUT2D eigenvalue weighted by Crippen LogP contribution is -2.49. The molecule has 10 nitrogen and oxygen atoms in total. The fourth-order valence-corrected chi connectivity index (χ4v) is 7.01. The van der Waals surface area contributed by atoms with Gasteiger partial charge in [-0.3, -0.25) is 0 Å². The van der Waals surface area contributed by atoms with Crippen LogP contribution in [-0.2, 0) is 10.0 Å². The van der Waals surface area contributed by atoms with E-state index in [1.54, 1.807) is 12.4 Å². The summed E-state index contributed by atoms with van der Waals surface area (Å²) in [5.74, 6) is 0.682. The molecule has 0 saturated carbocycles. The van der Waals surface area contributed by atoms with Gasteiger partial charge < -0.3 is 19.6 Å². The molecule has 2 aliphatic rings. The third-order valence-corrected chi connectivity index (χ3v) is 9.57. The number of piperidine rings is 1. The van der Waals surface area contributed by atoms with Crippen LogP contribution in [0.3, 0.4) is 0 Å². The molecule has 0 aliphatic carbocycles. The number of hydrogen-bond acceptors (Lipinski definition) is 10. The first-order chi connectivity index (χ1) is 17.4. The SMILES string of the molecule is O=S(=O)(CCCO)N1CCN(c2ccc3nc(OC4CCN(c5ncc(Cl)cn5)CC4)sc3c2)CC1. The summed E-state index contributed by atoms with van der Waals surface area (Å²) >= 11 is 7.42. The summed E-state index contributed by atoms with van der Waals surface area (Å²) < 4.78 is 33.6. The molecule has 1 N–H and O–H groups in total. The molecule has 0 atom stereocenters. The van der Waals surface area contributed by atoms with Gasteiger partial charge in [0.25, 0.3) is 5.19 Å². The van der Waals surface area contributed by atoms with Crippen LogP contribution in [0.15, 0.2) is 30.6 Å². The molecule has 4 heterocycles. The highest BCUT2D eigenvalue weighted by Crippen LogP contribution is 2.33. The van der Waals surface area contributed by atoms with Crippen LogP contribution in [0.4, 0.5) is 11.6 Å². The van der Waals surface area contributed by atoms with Crippen molar-refractivity contribution in [1.29, 1.82) is 0 Å².